The highest BCUT2D eigenvalue weighted by atomic mass is 16.5. The number of pyridine rings is 1. The minimum absolute atomic E-state index is 0.0805. The van der Waals surface area contributed by atoms with Gasteiger partial charge in [-0.15, -0.1) is 0 Å². The Morgan fingerprint density at radius 2 is 1.82 bits per heavy atom. The number of nitrogens with zero attached hydrogens (tertiary/aromatic N) is 3. The van der Waals surface area contributed by atoms with Crippen molar-refractivity contribution >= 4 is 17.5 Å². The fraction of sp³-hybridized carbons (Fsp3) is 0.231. The van der Waals surface area contributed by atoms with E-state index in [4.69, 9.17) is 4.74 Å². The molecule has 1 aliphatic rings. The van der Waals surface area contributed by atoms with Gasteiger partial charge in [-0.2, -0.15) is 5.10 Å². The van der Waals surface area contributed by atoms with Crippen LogP contribution in [0.4, 0.5) is 0 Å². The van der Waals surface area contributed by atoms with E-state index in [0.29, 0.717) is 13.0 Å². The highest BCUT2D eigenvalue weighted by molar-refractivity contribution is 6.03. The highest BCUT2D eigenvalue weighted by Crippen LogP contribution is 2.34. The quantitative estimate of drug-likeness (QED) is 0.574. The zero-order valence-corrected chi connectivity index (χ0v) is 18.5. The van der Waals surface area contributed by atoms with Crippen molar-refractivity contribution in [2.45, 2.75) is 31.8 Å². The molecule has 0 saturated carbocycles. The maximum Gasteiger partial charge on any atom is 0.243 e. The third-order valence-corrected chi connectivity index (χ3v) is 5.55. The fourth-order valence-corrected chi connectivity index (χ4v) is 3.76. The highest BCUT2D eigenvalue weighted by Gasteiger charge is 2.33. The van der Waals surface area contributed by atoms with E-state index in [1.54, 1.807) is 19.5 Å². The van der Waals surface area contributed by atoms with Crippen LogP contribution in [0.1, 0.15) is 42.0 Å². The van der Waals surface area contributed by atoms with Gasteiger partial charge >= 0.3 is 0 Å². The summed E-state index contributed by atoms with van der Waals surface area (Å²) in [5.41, 5.74) is 3.72. The minimum atomic E-state index is -0.225. The van der Waals surface area contributed by atoms with Gasteiger partial charge in [0.2, 0.25) is 11.8 Å². The lowest BCUT2D eigenvalue weighted by Gasteiger charge is -2.22. The van der Waals surface area contributed by atoms with E-state index in [1.807, 2.05) is 66.7 Å². The third kappa shape index (κ3) is 5.63. The van der Waals surface area contributed by atoms with Crippen molar-refractivity contribution in [3.8, 4) is 5.75 Å². The first-order valence-corrected chi connectivity index (χ1v) is 10.9. The predicted molar refractivity (Wildman–Crippen MR) is 125 cm³/mol. The molecule has 0 radical (unpaired) electrons. The van der Waals surface area contributed by atoms with E-state index < -0.39 is 0 Å². The number of ether oxygens (including phenoxy) is 1. The predicted octanol–water partition coefficient (Wildman–Crippen LogP) is 3.86. The second kappa shape index (κ2) is 10.5. The molecule has 0 saturated heterocycles. The lowest BCUT2D eigenvalue weighted by molar-refractivity contribution is -0.135. The van der Waals surface area contributed by atoms with E-state index >= 15 is 0 Å². The van der Waals surface area contributed by atoms with E-state index in [2.05, 4.69) is 15.4 Å². The number of nitrogens with one attached hydrogen (secondary N) is 1. The van der Waals surface area contributed by atoms with Gasteiger partial charge in [0.1, 0.15) is 5.75 Å². The van der Waals surface area contributed by atoms with Crippen molar-refractivity contribution in [2.75, 3.05) is 7.11 Å². The second-order valence-corrected chi connectivity index (χ2v) is 7.78. The molecule has 1 atom stereocenters. The summed E-state index contributed by atoms with van der Waals surface area (Å²) in [6.45, 7) is 0.384. The molecular weight excluding hydrogens is 416 g/mol. The number of hydrogen-bond donors (Lipinski definition) is 1. The number of amides is 2. The number of benzene rings is 2. The third-order valence-electron chi connectivity index (χ3n) is 5.55. The molecule has 0 aliphatic carbocycles. The number of methoxy groups -OCH3 is 1. The Kier molecular flexibility index (Phi) is 7.09. The Hall–Kier alpha value is -4.00. The summed E-state index contributed by atoms with van der Waals surface area (Å²) in [4.78, 5) is 29.4. The monoisotopic (exact) mass is 442 g/mol. The Morgan fingerprint density at radius 1 is 1.03 bits per heavy atom. The summed E-state index contributed by atoms with van der Waals surface area (Å²) in [7, 11) is 1.62. The van der Waals surface area contributed by atoms with E-state index in [1.165, 1.54) is 5.01 Å². The summed E-state index contributed by atoms with van der Waals surface area (Å²) in [6.07, 6.45) is 4.17. The topological polar surface area (TPSA) is 83.9 Å². The van der Waals surface area contributed by atoms with Crippen LogP contribution in [-0.4, -0.2) is 34.6 Å². The number of hydrazone groups is 1. The largest absolute Gasteiger partial charge is 0.497 e. The standard InChI is InChI=1S/C26H26N4O3/c1-33-22-11-9-21(10-12-22)24-16-23(20-7-3-2-4-8-20)29-30(24)26(32)14-13-25(31)28-18-19-6-5-15-27-17-19/h2-12,15,17,24H,13-14,16,18H2,1H3,(H,28,31). The summed E-state index contributed by atoms with van der Waals surface area (Å²) < 4.78 is 5.26. The van der Waals surface area contributed by atoms with Crippen LogP contribution in [0.15, 0.2) is 84.2 Å². The smallest absolute Gasteiger partial charge is 0.243 e. The molecule has 2 heterocycles. The number of hydrogen-bond acceptors (Lipinski definition) is 5. The van der Waals surface area contributed by atoms with Gasteiger partial charge < -0.3 is 10.1 Å². The Morgan fingerprint density at radius 3 is 2.52 bits per heavy atom. The molecule has 2 amide bonds. The Balaban J connectivity index is 1.44. The molecule has 3 aromatic rings. The SMILES string of the molecule is COc1ccc(C2CC(c3ccccc3)=NN2C(=O)CCC(=O)NCc2cccnc2)cc1. The number of carbonyl (C=O) groups excluding carboxylic acids is 2. The lowest BCUT2D eigenvalue weighted by atomic mass is 9.98. The van der Waals surface area contributed by atoms with Crippen LogP contribution in [0.5, 0.6) is 5.75 Å². The molecule has 33 heavy (non-hydrogen) atoms. The lowest BCUT2D eigenvalue weighted by Crippen LogP contribution is -2.29. The molecule has 1 aliphatic heterocycles. The Bertz CT molecular complexity index is 1120. The van der Waals surface area contributed by atoms with Crippen LogP contribution in [0.3, 0.4) is 0 Å². The van der Waals surface area contributed by atoms with Gasteiger partial charge in [-0.25, -0.2) is 5.01 Å². The van der Waals surface area contributed by atoms with E-state index in [-0.39, 0.29) is 30.7 Å². The van der Waals surface area contributed by atoms with Crippen molar-refractivity contribution in [3.05, 3.63) is 95.8 Å². The van der Waals surface area contributed by atoms with Crippen LogP contribution in [0, 0.1) is 0 Å². The van der Waals surface area contributed by atoms with Gasteiger partial charge in [-0.1, -0.05) is 48.5 Å². The zero-order chi connectivity index (χ0) is 23.0. The van der Waals surface area contributed by atoms with Crippen molar-refractivity contribution in [1.29, 1.82) is 0 Å². The van der Waals surface area contributed by atoms with Crippen LogP contribution in [-0.2, 0) is 16.1 Å². The molecule has 7 nitrogen and oxygen atoms in total. The first-order valence-electron chi connectivity index (χ1n) is 10.9. The molecule has 0 fully saturated rings. The number of carbonyl (C=O) groups is 2. The van der Waals surface area contributed by atoms with Crippen LogP contribution in [0.2, 0.25) is 0 Å². The van der Waals surface area contributed by atoms with Gasteiger partial charge in [-0.05, 0) is 34.9 Å². The van der Waals surface area contributed by atoms with Crippen molar-refractivity contribution in [1.82, 2.24) is 15.3 Å². The molecule has 0 spiro atoms. The molecule has 1 unspecified atom stereocenters. The fourth-order valence-electron chi connectivity index (χ4n) is 3.76. The van der Waals surface area contributed by atoms with Gasteiger partial charge in [0, 0.05) is 38.2 Å². The molecule has 1 N–H and O–H groups in total. The van der Waals surface area contributed by atoms with Gasteiger partial charge in [0.25, 0.3) is 0 Å². The first kappa shape index (κ1) is 22.2. The normalized spacial score (nSPS) is 15.1. The molecule has 2 aromatic carbocycles. The first-order chi connectivity index (χ1) is 16.1. The molecule has 7 heteroatoms. The van der Waals surface area contributed by atoms with Crippen LogP contribution in [0.25, 0.3) is 0 Å². The molecule has 1 aromatic heterocycles. The van der Waals surface area contributed by atoms with Gasteiger partial charge in [0.15, 0.2) is 0 Å². The average Bonchev–Trinajstić information content (AvgIpc) is 3.33. The molecule has 4 rings (SSSR count). The molecule has 168 valence electrons. The Labute approximate surface area is 193 Å². The summed E-state index contributed by atoms with van der Waals surface area (Å²) in [5.74, 6) is 0.391. The van der Waals surface area contributed by atoms with Gasteiger partial charge in [-0.3, -0.25) is 14.6 Å². The summed E-state index contributed by atoms with van der Waals surface area (Å²) in [5, 5.41) is 9.02. The summed E-state index contributed by atoms with van der Waals surface area (Å²) >= 11 is 0. The molecule has 0 bridgehead atoms. The maximum atomic E-state index is 13.1. The maximum absolute atomic E-state index is 13.1. The number of aromatic nitrogens is 1. The summed E-state index contributed by atoms with van der Waals surface area (Å²) in [6, 6.07) is 21.0. The number of rotatable bonds is 8. The van der Waals surface area contributed by atoms with E-state index in [9.17, 15) is 9.59 Å². The average molecular weight is 443 g/mol. The minimum Gasteiger partial charge on any atom is -0.497 e. The van der Waals surface area contributed by atoms with Crippen molar-refractivity contribution < 1.29 is 14.3 Å². The molecular formula is C26H26N4O3. The van der Waals surface area contributed by atoms with Crippen LogP contribution < -0.4 is 10.1 Å². The van der Waals surface area contributed by atoms with E-state index in [0.717, 1.165) is 28.2 Å². The zero-order valence-electron chi connectivity index (χ0n) is 18.5. The van der Waals surface area contributed by atoms with Crippen molar-refractivity contribution in [2.24, 2.45) is 5.10 Å². The van der Waals surface area contributed by atoms with Crippen molar-refractivity contribution in [3.63, 3.8) is 0 Å². The van der Waals surface area contributed by atoms with Gasteiger partial charge in [0.05, 0.1) is 18.9 Å². The second-order valence-electron chi connectivity index (χ2n) is 7.78. The van der Waals surface area contributed by atoms with Crippen LogP contribution >= 0.6 is 0 Å².